The number of halogens is 4. The molecule has 0 atom stereocenters. The van der Waals surface area contributed by atoms with Crippen LogP contribution in [0.2, 0.25) is 0 Å². The van der Waals surface area contributed by atoms with Crippen LogP contribution in [0.5, 0.6) is 0 Å². The molecule has 0 bridgehead atoms. The highest BCUT2D eigenvalue weighted by Gasteiger charge is 2.32. The lowest BCUT2D eigenvalue weighted by Crippen LogP contribution is -2.50. The van der Waals surface area contributed by atoms with E-state index in [1.807, 2.05) is 20.8 Å². The zero-order chi connectivity index (χ0) is 26.5. The van der Waals surface area contributed by atoms with Gasteiger partial charge in [-0.25, -0.2) is 4.39 Å². The van der Waals surface area contributed by atoms with E-state index >= 15 is 0 Å². The molecule has 1 fully saturated rings. The van der Waals surface area contributed by atoms with Gasteiger partial charge in [-0.1, -0.05) is 39.0 Å². The Balaban J connectivity index is 1.57. The third kappa shape index (κ3) is 8.05. The number of carbonyl (C=O) groups excluding carboxylic acids is 2. The monoisotopic (exact) mass is 507 g/mol. The molecule has 0 N–H and O–H groups in total. The third-order valence-electron chi connectivity index (χ3n) is 6.10. The van der Waals surface area contributed by atoms with E-state index in [9.17, 15) is 27.2 Å². The zero-order valence-electron chi connectivity index (χ0n) is 20.9. The summed E-state index contributed by atoms with van der Waals surface area (Å²) in [5.41, 5.74) is -0.145. The van der Waals surface area contributed by atoms with Crippen molar-refractivity contribution >= 4 is 11.8 Å². The van der Waals surface area contributed by atoms with Crippen LogP contribution in [-0.4, -0.2) is 65.8 Å². The second kappa shape index (κ2) is 11.4. The average Bonchev–Trinajstić information content (AvgIpc) is 2.81. The van der Waals surface area contributed by atoms with Crippen LogP contribution in [0.1, 0.15) is 48.7 Å². The summed E-state index contributed by atoms with van der Waals surface area (Å²) in [4.78, 5) is 31.2. The number of hydrogen-bond donors (Lipinski definition) is 0. The van der Waals surface area contributed by atoms with Gasteiger partial charge in [0.15, 0.2) is 0 Å². The molecule has 1 aliphatic rings. The lowest BCUT2D eigenvalue weighted by molar-refractivity contribution is -0.137. The summed E-state index contributed by atoms with van der Waals surface area (Å²) < 4.78 is 52.3. The Morgan fingerprint density at radius 3 is 2.17 bits per heavy atom. The minimum Gasteiger partial charge on any atom is -0.337 e. The summed E-state index contributed by atoms with van der Waals surface area (Å²) >= 11 is 0. The SMILES string of the molecule is CC(C)(C)CC(=O)N(CCN1CCN(C(=O)c2cccc(C(F)(F)F)c2)CC1)Cc1ccc(F)cc1. The number of alkyl halides is 3. The smallest absolute Gasteiger partial charge is 0.337 e. The van der Waals surface area contributed by atoms with Crippen molar-refractivity contribution < 1.29 is 27.2 Å². The highest BCUT2D eigenvalue weighted by Crippen LogP contribution is 2.30. The van der Waals surface area contributed by atoms with Gasteiger partial charge in [-0.2, -0.15) is 13.2 Å². The van der Waals surface area contributed by atoms with Crippen molar-refractivity contribution in [3.8, 4) is 0 Å². The van der Waals surface area contributed by atoms with Crippen molar-refractivity contribution in [3.63, 3.8) is 0 Å². The summed E-state index contributed by atoms with van der Waals surface area (Å²) in [5, 5.41) is 0. The van der Waals surface area contributed by atoms with Crippen molar-refractivity contribution in [2.45, 2.75) is 39.9 Å². The minimum atomic E-state index is -4.50. The van der Waals surface area contributed by atoms with Crippen molar-refractivity contribution in [2.75, 3.05) is 39.3 Å². The Kier molecular flexibility index (Phi) is 8.76. The van der Waals surface area contributed by atoms with Crippen LogP contribution in [0.15, 0.2) is 48.5 Å². The maximum absolute atomic E-state index is 13.3. The Bertz CT molecular complexity index is 1040. The lowest BCUT2D eigenvalue weighted by Gasteiger charge is -2.36. The molecule has 0 saturated carbocycles. The number of benzene rings is 2. The third-order valence-corrected chi connectivity index (χ3v) is 6.10. The molecule has 0 unspecified atom stereocenters. The highest BCUT2D eigenvalue weighted by atomic mass is 19.4. The molecule has 196 valence electrons. The molecule has 5 nitrogen and oxygen atoms in total. The molecular formula is C27H33F4N3O2. The predicted octanol–water partition coefficient (Wildman–Crippen LogP) is 5.07. The van der Waals surface area contributed by atoms with Gasteiger partial charge in [0.2, 0.25) is 5.91 Å². The fourth-order valence-corrected chi connectivity index (χ4v) is 4.12. The van der Waals surface area contributed by atoms with E-state index in [4.69, 9.17) is 0 Å². The second-order valence-corrected chi connectivity index (χ2v) is 10.4. The predicted molar refractivity (Wildman–Crippen MR) is 130 cm³/mol. The topological polar surface area (TPSA) is 43.9 Å². The summed E-state index contributed by atoms with van der Waals surface area (Å²) in [5.74, 6) is -0.729. The van der Waals surface area contributed by atoms with E-state index in [1.165, 1.54) is 24.3 Å². The van der Waals surface area contributed by atoms with Crippen molar-refractivity contribution in [2.24, 2.45) is 5.41 Å². The van der Waals surface area contributed by atoms with Crippen LogP contribution in [0, 0.1) is 11.2 Å². The van der Waals surface area contributed by atoms with Gasteiger partial charge in [-0.05, 0) is 41.3 Å². The Hall–Kier alpha value is -2.94. The number of amides is 2. The normalized spacial score (nSPS) is 15.1. The molecule has 2 aromatic rings. The molecule has 9 heteroatoms. The Labute approximate surface area is 209 Å². The van der Waals surface area contributed by atoms with E-state index in [0.29, 0.717) is 52.2 Å². The lowest BCUT2D eigenvalue weighted by atomic mass is 9.91. The van der Waals surface area contributed by atoms with Crippen molar-refractivity contribution in [3.05, 3.63) is 71.0 Å². The van der Waals surface area contributed by atoms with Gasteiger partial charge in [-0.15, -0.1) is 0 Å². The maximum atomic E-state index is 13.3. The molecule has 0 spiro atoms. The largest absolute Gasteiger partial charge is 0.416 e. The van der Waals surface area contributed by atoms with Gasteiger partial charge in [0, 0.05) is 57.8 Å². The quantitative estimate of drug-likeness (QED) is 0.492. The highest BCUT2D eigenvalue weighted by molar-refractivity contribution is 5.94. The molecule has 3 rings (SSSR count). The van der Waals surface area contributed by atoms with E-state index in [-0.39, 0.29) is 22.7 Å². The average molecular weight is 508 g/mol. The minimum absolute atomic E-state index is 0.0187. The number of hydrogen-bond acceptors (Lipinski definition) is 3. The number of carbonyl (C=O) groups is 2. The van der Waals surface area contributed by atoms with Gasteiger partial charge in [0.1, 0.15) is 5.82 Å². The van der Waals surface area contributed by atoms with E-state index in [0.717, 1.165) is 17.7 Å². The molecular weight excluding hydrogens is 474 g/mol. The molecule has 1 aliphatic heterocycles. The van der Waals surface area contributed by atoms with Crippen LogP contribution in [0.4, 0.5) is 17.6 Å². The first-order chi connectivity index (χ1) is 16.8. The maximum Gasteiger partial charge on any atom is 0.416 e. The van der Waals surface area contributed by atoms with Crippen LogP contribution < -0.4 is 0 Å². The Morgan fingerprint density at radius 2 is 1.58 bits per heavy atom. The first kappa shape index (κ1) is 27.6. The van der Waals surface area contributed by atoms with Crippen LogP contribution >= 0.6 is 0 Å². The van der Waals surface area contributed by atoms with Crippen LogP contribution in [-0.2, 0) is 17.5 Å². The summed E-state index contributed by atoms with van der Waals surface area (Å²) in [6, 6.07) is 10.6. The van der Waals surface area contributed by atoms with E-state index in [2.05, 4.69) is 4.90 Å². The number of rotatable bonds is 7. The Morgan fingerprint density at radius 1 is 0.944 bits per heavy atom. The fourth-order valence-electron chi connectivity index (χ4n) is 4.12. The van der Waals surface area contributed by atoms with Gasteiger partial charge in [0.25, 0.3) is 5.91 Å². The van der Waals surface area contributed by atoms with Crippen molar-refractivity contribution in [1.82, 2.24) is 14.7 Å². The van der Waals surface area contributed by atoms with Gasteiger partial charge < -0.3 is 9.80 Å². The van der Waals surface area contributed by atoms with Crippen LogP contribution in [0.3, 0.4) is 0 Å². The molecule has 0 radical (unpaired) electrons. The van der Waals surface area contributed by atoms with E-state index in [1.54, 1.807) is 21.9 Å². The standard InChI is InChI=1S/C27H33F4N3O2/c1-26(2,3)18-24(35)34(19-20-7-9-23(28)10-8-20)16-13-32-11-14-33(15-12-32)25(36)21-5-4-6-22(17-21)27(29,30)31/h4-10,17H,11-16,18-19H2,1-3H3. The molecule has 2 aromatic carbocycles. The second-order valence-electron chi connectivity index (χ2n) is 10.4. The zero-order valence-corrected chi connectivity index (χ0v) is 20.9. The van der Waals surface area contributed by atoms with Gasteiger partial charge in [-0.3, -0.25) is 14.5 Å². The summed E-state index contributed by atoms with van der Waals surface area (Å²) in [7, 11) is 0. The van der Waals surface area contributed by atoms with Gasteiger partial charge >= 0.3 is 6.18 Å². The van der Waals surface area contributed by atoms with Crippen LogP contribution in [0.25, 0.3) is 0 Å². The number of piperazine rings is 1. The molecule has 36 heavy (non-hydrogen) atoms. The first-order valence-electron chi connectivity index (χ1n) is 12.0. The molecule has 1 heterocycles. The summed E-state index contributed by atoms with van der Waals surface area (Å²) in [6.45, 7) is 9.36. The molecule has 2 amide bonds. The van der Waals surface area contributed by atoms with E-state index < -0.39 is 17.6 Å². The van der Waals surface area contributed by atoms with Gasteiger partial charge in [0.05, 0.1) is 5.56 Å². The molecule has 1 saturated heterocycles. The molecule has 0 aliphatic carbocycles. The fraction of sp³-hybridized carbons (Fsp3) is 0.481. The van der Waals surface area contributed by atoms with Crippen molar-refractivity contribution in [1.29, 1.82) is 0 Å². The first-order valence-corrected chi connectivity index (χ1v) is 12.0. The molecule has 0 aromatic heterocycles. The number of nitrogens with zero attached hydrogens (tertiary/aromatic N) is 3. The summed E-state index contributed by atoms with van der Waals surface area (Å²) in [6.07, 6.45) is -4.12.